The number of aromatic nitrogens is 1. The highest BCUT2D eigenvalue weighted by atomic mass is 32.2. The van der Waals surface area contributed by atoms with E-state index in [9.17, 15) is 8.42 Å². The first-order chi connectivity index (χ1) is 8.64. The van der Waals surface area contributed by atoms with Crippen LogP contribution in [-0.2, 0) is 9.84 Å². The minimum absolute atomic E-state index is 0.107. The van der Waals surface area contributed by atoms with E-state index in [1.165, 1.54) is 0 Å². The highest BCUT2D eigenvalue weighted by Crippen LogP contribution is 2.26. The van der Waals surface area contributed by atoms with Crippen molar-refractivity contribution in [2.75, 3.05) is 11.5 Å². The molecule has 1 aromatic heterocycles. The lowest BCUT2D eigenvalue weighted by molar-refractivity contribution is 0.231. The lowest BCUT2D eigenvalue weighted by Gasteiger charge is -2.13. The van der Waals surface area contributed by atoms with Crippen molar-refractivity contribution in [1.82, 2.24) is 4.98 Å². The van der Waals surface area contributed by atoms with Crippen LogP contribution in [0.5, 0.6) is 5.75 Å². The van der Waals surface area contributed by atoms with Gasteiger partial charge in [0.1, 0.15) is 17.4 Å². The summed E-state index contributed by atoms with van der Waals surface area (Å²) >= 11 is 0. The fourth-order valence-electron chi connectivity index (χ4n) is 2.20. The molecule has 0 bridgehead atoms. The van der Waals surface area contributed by atoms with E-state index < -0.39 is 9.84 Å². The zero-order valence-electron chi connectivity index (χ0n) is 9.74. The maximum absolute atomic E-state index is 11.4. The summed E-state index contributed by atoms with van der Waals surface area (Å²) in [5.74, 6) is 0.988. The average Bonchev–Trinajstić information content (AvgIpc) is 2.69. The first-order valence-corrected chi connectivity index (χ1v) is 7.67. The summed E-state index contributed by atoms with van der Waals surface area (Å²) in [5.41, 5.74) is 0.782. The van der Waals surface area contributed by atoms with Crippen LogP contribution in [0.4, 0.5) is 0 Å². The Morgan fingerprint density at radius 1 is 1.22 bits per heavy atom. The van der Waals surface area contributed by atoms with Crippen LogP contribution in [0.15, 0.2) is 36.5 Å². The van der Waals surface area contributed by atoms with Gasteiger partial charge in [0, 0.05) is 11.6 Å². The number of para-hydroxylation sites is 1. The van der Waals surface area contributed by atoms with E-state index in [4.69, 9.17) is 4.74 Å². The number of fused-ring (bicyclic) bond motifs is 1. The van der Waals surface area contributed by atoms with E-state index in [0.29, 0.717) is 12.2 Å². The summed E-state index contributed by atoms with van der Waals surface area (Å²) in [6.45, 7) is 0. The standard InChI is InChI=1S/C13H13NO3S/c15-18(16)8-6-11(9-18)17-12-5-1-3-10-4-2-7-14-13(10)12/h1-5,7,11H,6,8-9H2. The molecule has 0 saturated carbocycles. The predicted molar refractivity (Wildman–Crippen MR) is 69.4 cm³/mol. The van der Waals surface area contributed by atoms with Gasteiger partial charge in [-0.3, -0.25) is 4.98 Å². The normalized spacial score (nSPS) is 22.1. The number of hydrogen-bond acceptors (Lipinski definition) is 4. The zero-order chi connectivity index (χ0) is 12.6. The van der Waals surface area contributed by atoms with E-state index in [2.05, 4.69) is 4.98 Å². The van der Waals surface area contributed by atoms with Gasteiger partial charge in [-0.15, -0.1) is 0 Å². The van der Waals surface area contributed by atoms with Gasteiger partial charge in [-0.25, -0.2) is 8.42 Å². The number of sulfone groups is 1. The Labute approximate surface area is 106 Å². The topological polar surface area (TPSA) is 56.3 Å². The first kappa shape index (κ1) is 11.5. The van der Waals surface area contributed by atoms with Crippen LogP contribution in [0.25, 0.3) is 10.9 Å². The highest BCUT2D eigenvalue weighted by molar-refractivity contribution is 7.91. The average molecular weight is 263 g/mol. The molecule has 94 valence electrons. The quantitative estimate of drug-likeness (QED) is 0.829. The molecule has 2 aromatic rings. The molecule has 0 amide bonds. The Balaban J connectivity index is 1.92. The Morgan fingerprint density at radius 2 is 2.06 bits per heavy atom. The van der Waals surface area contributed by atoms with E-state index in [1.54, 1.807) is 6.20 Å². The molecular formula is C13H13NO3S. The third-order valence-electron chi connectivity index (χ3n) is 3.08. The number of benzene rings is 1. The fraction of sp³-hybridized carbons (Fsp3) is 0.308. The number of hydrogen-bond donors (Lipinski definition) is 0. The number of rotatable bonds is 2. The molecule has 2 heterocycles. The Bertz CT molecular complexity index is 676. The van der Waals surface area contributed by atoms with Crippen LogP contribution in [0, 0.1) is 0 Å². The lowest BCUT2D eigenvalue weighted by atomic mass is 10.2. The van der Waals surface area contributed by atoms with E-state index in [0.717, 1.165) is 10.9 Å². The Morgan fingerprint density at radius 3 is 2.83 bits per heavy atom. The lowest BCUT2D eigenvalue weighted by Crippen LogP contribution is -2.17. The third-order valence-corrected chi connectivity index (χ3v) is 4.82. The molecule has 18 heavy (non-hydrogen) atoms. The molecule has 1 saturated heterocycles. The Kier molecular flexibility index (Phi) is 2.70. The highest BCUT2D eigenvalue weighted by Gasteiger charge is 2.29. The van der Waals surface area contributed by atoms with Crippen molar-refractivity contribution in [3.8, 4) is 5.75 Å². The van der Waals surface area contributed by atoms with Crippen LogP contribution in [0.3, 0.4) is 0 Å². The molecule has 1 aromatic carbocycles. The molecule has 0 spiro atoms. The monoisotopic (exact) mass is 263 g/mol. The summed E-state index contributed by atoms with van der Waals surface area (Å²) in [7, 11) is -2.91. The third kappa shape index (κ3) is 2.18. The molecule has 0 N–H and O–H groups in total. The van der Waals surface area contributed by atoms with Crippen molar-refractivity contribution in [3.63, 3.8) is 0 Å². The van der Waals surface area contributed by atoms with Gasteiger partial charge in [0.05, 0.1) is 11.5 Å². The number of pyridine rings is 1. The van der Waals surface area contributed by atoms with Crippen LogP contribution in [0.1, 0.15) is 6.42 Å². The summed E-state index contributed by atoms with van der Waals surface area (Å²) < 4.78 is 28.6. The van der Waals surface area contributed by atoms with E-state index in [-0.39, 0.29) is 17.6 Å². The van der Waals surface area contributed by atoms with Gasteiger partial charge in [0.15, 0.2) is 9.84 Å². The van der Waals surface area contributed by atoms with Crippen LogP contribution >= 0.6 is 0 Å². The van der Waals surface area contributed by atoms with Gasteiger partial charge in [-0.2, -0.15) is 0 Å². The Hall–Kier alpha value is -1.62. The van der Waals surface area contributed by atoms with Gasteiger partial charge in [0.25, 0.3) is 0 Å². The molecule has 1 aliphatic heterocycles. The molecule has 1 unspecified atom stereocenters. The van der Waals surface area contributed by atoms with Crippen LogP contribution in [0.2, 0.25) is 0 Å². The van der Waals surface area contributed by atoms with Crippen molar-refractivity contribution in [2.45, 2.75) is 12.5 Å². The summed E-state index contributed by atoms with van der Waals surface area (Å²) in [6, 6.07) is 9.51. The SMILES string of the molecule is O=S1(=O)CCC(Oc2cccc3cccnc23)C1. The van der Waals surface area contributed by atoms with Gasteiger partial charge in [-0.1, -0.05) is 18.2 Å². The minimum atomic E-state index is -2.91. The van der Waals surface area contributed by atoms with Crippen molar-refractivity contribution >= 4 is 20.7 Å². The molecule has 3 rings (SSSR count). The second-order valence-corrected chi connectivity index (χ2v) is 6.70. The zero-order valence-corrected chi connectivity index (χ0v) is 10.6. The maximum Gasteiger partial charge on any atom is 0.154 e. The second-order valence-electron chi connectivity index (χ2n) is 4.47. The fourth-order valence-corrected chi connectivity index (χ4v) is 3.79. The molecular weight excluding hydrogens is 250 g/mol. The molecule has 1 atom stereocenters. The van der Waals surface area contributed by atoms with Crippen LogP contribution in [-0.4, -0.2) is 31.0 Å². The summed E-state index contributed by atoms with van der Waals surface area (Å²) in [4.78, 5) is 4.29. The molecule has 5 heteroatoms. The summed E-state index contributed by atoms with van der Waals surface area (Å²) in [5, 5.41) is 0.996. The van der Waals surface area contributed by atoms with Crippen LogP contribution < -0.4 is 4.74 Å². The predicted octanol–water partition coefficient (Wildman–Crippen LogP) is 1.80. The molecule has 1 fully saturated rings. The largest absolute Gasteiger partial charge is 0.487 e. The van der Waals surface area contributed by atoms with Gasteiger partial charge < -0.3 is 4.74 Å². The number of nitrogens with zero attached hydrogens (tertiary/aromatic N) is 1. The van der Waals surface area contributed by atoms with Crippen molar-refractivity contribution in [1.29, 1.82) is 0 Å². The smallest absolute Gasteiger partial charge is 0.154 e. The molecule has 1 aliphatic rings. The maximum atomic E-state index is 11.4. The van der Waals surface area contributed by atoms with Gasteiger partial charge in [-0.05, 0) is 18.6 Å². The van der Waals surface area contributed by atoms with Crippen molar-refractivity contribution < 1.29 is 13.2 Å². The second kappa shape index (κ2) is 4.24. The van der Waals surface area contributed by atoms with Crippen molar-refractivity contribution in [3.05, 3.63) is 36.5 Å². The van der Waals surface area contributed by atoms with E-state index in [1.807, 2.05) is 30.3 Å². The van der Waals surface area contributed by atoms with Crippen molar-refractivity contribution in [2.24, 2.45) is 0 Å². The molecule has 0 radical (unpaired) electrons. The number of ether oxygens (including phenoxy) is 1. The van der Waals surface area contributed by atoms with Gasteiger partial charge >= 0.3 is 0 Å². The van der Waals surface area contributed by atoms with Gasteiger partial charge in [0.2, 0.25) is 0 Å². The minimum Gasteiger partial charge on any atom is -0.487 e. The molecule has 0 aliphatic carbocycles. The molecule has 4 nitrogen and oxygen atoms in total. The van der Waals surface area contributed by atoms with E-state index >= 15 is 0 Å². The summed E-state index contributed by atoms with van der Waals surface area (Å²) in [6.07, 6.45) is 2.02. The first-order valence-electron chi connectivity index (χ1n) is 5.85.